The van der Waals surface area contributed by atoms with Crippen LogP contribution < -0.4 is 0 Å². The molecule has 0 aliphatic heterocycles. The van der Waals surface area contributed by atoms with E-state index in [1.54, 1.807) is 20.9 Å². The van der Waals surface area contributed by atoms with Gasteiger partial charge in [0.25, 0.3) is 0 Å². The van der Waals surface area contributed by atoms with Crippen LogP contribution in [0.15, 0.2) is 27.1 Å². The number of nitrogens with zero attached hydrogens (tertiary/aromatic N) is 3. The van der Waals surface area contributed by atoms with Gasteiger partial charge in [-0.3, -0.25) is 8.89 Å². The zero-order chi connectivity index (χ0) is 15.4. The smallest absolute Gasteiger partial charge is 0.129 e. The lowest BCUT2D eigenvalue weighted by Gasteiger charge is -2.00. The molecule has 1 rings (SSSR count). The summed E-state index contributed by atoms with van der Waals surface area (Å²) >= 11 is 5.64. The number of rotatable bonds is 4. The van der Waals surface area contributed by atoms with Gasteiger partial charge in [0.15, 0.2) is 0 Å². The Hall–Kier alpha value is -1.47. The molecule has 0 bridgehead atoms. The summed E-state index contributed by atoms with van der Waals surface area (Å²) in [5, 5.41) is 15.7. The number of aryl methyl sites for hydroxylation is 1. The fraction of sp³-hybridized carbons (Fsp3) is 0.333. The first-order chi connectivity index (χ1) is 9.29. The Balaban J connectivity index is 3.35. The Kier molecular flexibility index (Phi) is 5.64. The Morgan fingerprint density at radius 3 is 2.65 bits per heavy atom. The summed E-state index contributed by atoms with van der Waals surface area (Å²) in [5.41, 5.74) is 1.33. The summed E-state index contributed by atoms with van der Waals surface area (Å²) in [6.45, 7) is 3.28. The number of oxime groups is 1. The fourth-order valence-corrected chi connectivity index (χ4v) is 2.89. The average Bonchev–Trinajstić information content (AvgIpc) is 2.63. The minimum atomic E-state index is -1.22. The highest BCUT2D eigenvalue weighted by Crippen LogP contribution is 2.26. The molecule has 5 nitrogen and oxygen atoms in total. The molecular formula is C12H15ClFN3O2S. The first kappa shape index (κ1) is 16.6. The summed E-state index contributed by atoms with van der Waals surface area (Å²) in [4.78, 5) is 0. The maximum atomic E-state index is 14.0. The van der Waals surface area contributed by atoms with Crippen LogP contribution in [-0.2, 0) is 17.8 Å². The zero-order valence-corrected chi connectivity index (χ0v) is 13.1. The second-order valence-electron chi connectivity index (χ2n) is 4.10. The van der Waals surface area contributed by atoms with Crippen molar-refractivity contribution in [3.8, 4) is 0 Å². The van der Waals surface area contributed by atoms with Gasteiger partial charge < -0.3 is 5.21 Å². The molecule has 0 amide bonds. The molecule has 20 heavy (non-hydrogen) atoms. The van der Waals surface area contributed by atoms with E-state index < -0.39 is 16.6 Å². The minimum absolute atomic E-state index is 0.0581. The molecule has 0 radical (unpaired) electrons. The van der Waals surface area contributed by atoms with Crippen molar-refractivity contribution in [1.82, 2.24) is 9.78 Å². The van der Waals surface area contributed by atoms with Crippen LogP contribution in [0, 0.1) is 6.92 Å². The van der Waals surface area contributed by atoms with Crippen LogP contribution in [0.25, 0.3) is 5.57 Å². The maximum Gasteiger partial charge on any atom is 0.129 e. The van der Waals surface area contributed by atoms with E-state index in [1.807, 2.05) is 0 Å². The third-order valence-corrected chi connectivity index (χ3v) is 3.97. The molecule has 0 spiro atoms. The van der Waals surface area contributed by atoms with E-state index in [0.717, 1.165) is 12.3 Å². The van der Waals surface area contributed by atoms with Crippen LogP contribution >= 0.6 is 11.6 Å². The normalized spacial score (nSPS) is 15.6. The Morgan fingerprint density at radius 1 is 1.60 bits per heavy atom. The molecule has 0 aliphatic carbocycles. The predicted octanol–water partition coefficient (Wildman–Crippen LogP) is 2.75. The van der Waals surface area contributed by atoms with Crippen molar-refractivity contribution in [3.05, 3.63) is 28.2 Å². The molecule has 1 atom stereocenters. The number of hydrogen-bond donors (Lipinski definition) is 1. The van der Waals surface area contributed by atoms with Crippen molar-refractivity contribution < 1.29 is 13.8 Å². The first-order valence-electron chi connectivity index (χ1n) is 5.58. The minimum Gasteiger partial charge on any atom is -0.411 e. The van der Waals surface area contributed by atoms with E-state index >= 15 is 0 Å². The van der Waals surface area contributed by atoms with Crippen molar-refractivity contribution in [3.63, 3.8) is 0 Å². The van der Waals surface area contributed by atoms with Gasteiger partial charge in [-0.05, 0) is 19.9 Å². The van der Waals surface area contributed by atoms with E-state index in [2.05, 4.69) is 10.3 Å². The van der Waals surface area contributed by atoms with Crippen molar-refractivity contribution in [2.24, 2.45) is 12.2 Å². The average molecular weight is 320 g/mol. The number of allylic oxidation sites excluding steroid dienone is 4. The first-order valence-corrected chi connectivity index (χ1v) is 7.51. The third kappa shape index (κ3) is 3.55. The SMILES string of the molecule is C\C(=C(F)/C=C(Cl)\C=N\O)c1nn(C)c(S(C)=O)c1C. The molecule has 0 aromatic carbocycles. The van der Waals surface area contributed by atoms with Gasteiger partial charge in [0.2, 0.25) is 0 Å². The Bertz CT molecular complexity index is 635. The summed E-state index contributed by atoms with van der Waals surface area (Å²) in [7, 11) is 0.437. The molecule has 0 saturated carbocycles. The standard InChI is InChI=1S/C12H15ClFN3O2S/c1-7(10(14)5-9(13)6-15-18)11-8(2)12(20(4)19)17(3)16-11/h5-6,18H,1-4H3/b9-5+,10-7-,15-6+. The summed E-state index contributed by atoms with van der Waals surface area (Å²) in [5.74, 6) is -0.607. The van der Waals surface area contributed by atoms with E-state index in [4.69, 9.17) is 16.8 Å². The third-order valence-electron chi connectivity index (χ3n) is 2.65. The van der Waals surface area contributed by atoms with Gasteiger partial charge in [-0.25, -0.2) is 4.39 Å². The van der Waals surface area contributed by atoms with Crippen molar-refractivity contribution in [2.45, 2.75) is 18.9 Å². The summed E-state index contributed by atoms with van der Waals surface area (Å²) in [6.07, 6.45) is 3.47. The molecule has 1 heterocycles. The van der Waals surface area contributed by atoms with Gasteiger partial charge in [0.05, 0.1) is 27.7 Å². The van der Waals surface area contributed by atoms with E-state index in [-0.39, 0.29) is 10.6 Å². The topological polar surface area (TPSA) is 67.5 Å². The molecule has 0 aliphatic rings. The van der Waals surface area contributed by atoms with Crippen LogP contribution in [-0.4, -0.2) is 31.7 Å². The zero-order valence-electron chi connectivity index (χ0n) is 11.5. The second kappa shape index (κ2) is 6.81. The van der Waals surface area contributed by atoms with Gasteiger partial charge in [-0.15, -0.1) is 0 Å². The van der Waals surface area contributed by atoms with Crippen LogP contribution in [0.1, 0.15) is 18.2 Å². The molecule has 1 aromatic rings. The van der Waals surface area contributed by atoms with Crippen LogP contribution in [0.5, 0.6) is 0 Å². The fourth-order valence-electron chi connectivity index (χ4n) is 1.81. The summed E-state index contributed by atoms with van der Waals surface area (Å²) < 4.78 is 27.1. The second-order valence-corrected chi connectivity index (χ2v) is 5.83. The molecule has 8 heteroatoms. The van der Waals surface area contributed by atoms with Gasteiger partial charge in [0.1, 0.15) is 10.9 Å². The van der Waals surface area contributed by atoms with Gasteiger partial charge >= 0.3 is 0 Å². The number of hydrogen-bond acceptors (Lipinski definition) is 4. The van der Waals surface area contributed by atoms with Crippen LogP contribution in [0.4, 0.5) is 4.39 Å². The van der Waals surface area contributed by atoms with Gasteiger partial charge in [-0.2, -0.15) is 5.10 Å². The molecule has 1 N–H and O–H groups in total. The van der Waals surface area contributed by atoms with E-state index in [0.29, 0.717) is 16.3 Å². The van der Waals surface area contributed by atoms with Gasteiger partial charge in [0, 0.05) is 24.4 Å². The lowest BCUT2D eigenvalue weighted by molar-refractivity contribution is 0.322. The van der Waals surface area contributed by atoms with Crippen molar-refractivity contribution >= 4 is 34.2 Å². The highest BCUT2D eigenvalue weighted by molar-refractivity contribution is 7.84. The molecule has 0 fully saturated rings. The lowest BCUT2D eigenvalue weighted by Crippen LogP contribution is -2.00. The predicted molar refractivity (Wildman–Crippen MR) is 78.2 cm³/mol. The Labute approximate surface area is 123 Å². The summed E-state index contributed by atoms with van der Waals surface area (Å²) in [6, 6.07) is 0. The van der Waals surface area contributed by atoms with Gasteiger partial charge in [-0.1, -0.05) is 16.8 Å². The molecule has 110 valence electrons. The molecule has 0 saturated heterocycles. The van der Waals surface area contributed by atoms with E-state index in [9.17, 15) is 8.60 Å². The van der Waals surface area contributed by atoms with Crippen molar-refractivity contribution in [1.29, 1.82) is 0 Å². The maximum absolute atomic E-state index is 14.0. The van der Waals surface area contributed by atoms with Crippen molar-refractivity contribution in [2.75, 3.05) is 6.26 Å². The number of halogens is 2. The van der Waals surface area contributed by atoms with Crippen LogP contribution in [0.3, 0.4) is 0 Å². The lowest BCUT2D eigenvalue weighted by atomic mass is 10.1. The molecule has 1 unspecified atom stereocenters. The van der Waals surface area contributed by atoms with E-state index in [1.165, 1.54) is 10.9 Å². The number of aromatic nitrogens is 2. The van der Waals surface area contributed by atoms with Crippen LogP contribution in [0.2, 0.25) is 0 Å². The highest BCUT2D eigenvalue weighted by Gasteiger charge is 2.18. The Morgan fingerprint density at radius 2 is 2.20 bits per heavy atom. The molecule has 1 aromatic heterocycles. The highest BCUT2D eigenvalue weighted by atomic mass is 35.5. The quantitative estimate of drug-likeness (QED) is 0.401. The monoisotopic (exact) mass is 319 g/mol. The molecular weight excluding hydrogens is 305 g/mol. The largest absolute Gasteiger partial charge is 0.411 e.